The molecule has 2 nitrogen and oxygen atoms in total. The van der Waals surface area contributed by atoms with E-state index in [1.807, 2.05) is 42.5 Å². The lowest BCUT2D eigenvalue weighted by molar-refractivity contribution is 0.191. The zero-order valence-corrected chi connectivity index (χ0v) is 12.2. The number of benzene rings is 2. The highest BCUT2D eigenvalue weighted by atomic mass is 16.3. The van der Waals surface area contributed by atoms with Crippen LogP contribution in [0.3, 0.4) is 0 Å². The fourth-order valence-electron chi connectivity index (χ4n) is 2.24. The Kier molecular flexibility index (Phi) is 5.19. The molecule has 0 aliphatic carbocycles. The van der Waals surface area contributed by atoms with Crippen LogP contribution in [-0.2, 0) is 6.42 Å². The van der Waals surface area contributed by atoms with Gasteiger partial charge in [-0.15, -0.1) is 0 Å². The van der Waals surface area contributed by atoms with E-state index in [0.717, 1.165) is 17.7 Å². The molecular weight excluding hydrogens is 246 g/mol. The predicted octanol–water partition coefficient (Wildman–Crippen LogP) is 4.03. The summed E-state index contributed by atoms with van der Waals surface area (Å²) in [5.41, 5.74) is 3.32. The fourth-order valence-corrected chi connectivity index (χ4v) is 2.24. The van der Waals surface area contributed by atoms with Crippen LogP contribution in [0.1, 0.15) is 31.1 Å². The zero-order chi connectivity index (χ0) is 14.4. The lowest BCUT2D eigenvalue weighted by atomic mass is 10.0. The minimum Gasteiger partial charge on any atom is -0.387 e. The van der Waals surface area contributed by atoms with E-state index in [2.05, 4.69) is 31.3 Å². The normalized spacial score (nSPS) is 12.4. The highest BCUT2D eigenvalue weighted by molar-refractivity contribution is 5.42. The molecule has 0 bridgehead atoms. The number of para-hydroxylation sites is 1. The standard InChI is InChI=1S/C18H23NO/c1-14(2)12-15-8-10-16(11-9-15)18(20)13-19-17-6-4-3-5-7-17/h3-11,14,18-20H,12-13H2,1-2H3. The van der Waals surface area contributed by atoms with Crippen LogP contribution in [-0.4, -0.2) is 11.7 Å². The molecular formula is C18H23NO. The van der Waals surface area contributed by atoms with Crippen molar-refractivity contribution < 1.29 is 5.11 Å². The summed E-state index contributed by atoms with van der Waals surface area (Å²) < 4.78 is 0. The van der Waals surface area contributed by atoms with Gasteiger partial charge < -0.3 is 10.4 Å². The molecule has 0 saturated carbocycles. The predicted molar refractivity (Wildman–Crippen MR) is 84.9 cm³/mol. The van der Waals surface area contributed by atoms with Crippen molar-refractivity contribution >= 4 is 5.69 Å². The molecule has 0 spiro atoms. The first-order chi connectivity index (χ1) is 9.65. The van der Waals surface area contributed by atoms with E-state index in [0.29, 0.717) is 12.5 Å². The van der Waals surface area contributed by atoms with Crippen LogP contribution in [0.25, 0.3) is 0 Å². The van der Waals surface area contributed by atoms with E-state index in [1.54, 1.807) is 0 Å². The van der Waals surface area contributed by atoms with Gasteiger partial charge in [0, 0.05) is 12.2 Å². The average Bonchev–Trinajstić information content (AvgIpc) is 2.46. The van der Waals surface area contributed by atoms with Gasteiger partial charge in [-0.05, 0) is 35.6 Å². The monoisotopic (exact) mass is 269 g/mol. The average molecular weight is 269 g/mol. The third-order valence-electron chi connectivity index (χ3n) is 3.28. The Bertz CT molecular complexity index is 505. The largest absolute Gasteiger partial charge is 0.387 e. The molecule has 2 N–H and O–H groups in total. The maximum atomic E-state index is 10.2. The molecule has 20 heavy (non-hydrogen) atoms. The Balaban J connectivity index is 1.90. The molecule has 0 aliphatic heterocycles. The van der Waals surface area contributed by atoms with E-state index in [1.165, 1.54) is 5.56 Å². The van der Waals surface area contributed by atoms with Crippen molar-refractivity contribution in [2.75, 3.05) is 11.9 Å². The Hall–Kier alpha value is -1.80. The van der Waals surface area contributed by atoms with Crippen molar-refractivity contribution in [3.63, 3.8) is 0 Å². The van der Waals surface area contributed by atoms with Gasteiger partial charge in [0.2, 0.25) is 0 Å². The van der Waals surface area contributed by atoms with Gasteiger partial charge in [0.1, 0.15) is 0 Å². The molecule has 0 aromatic heterocycles. The molecule has 1 atom stereocenters. The first-order valence-corrected chi connectivity index (χ1v) is 7.21. The third-order valence-corrected chi connectivity index (χ3v) is 3.28. The summed E-state index contributed by atoms with van der Waals surface area (Å²) in [6, 6.07) is 18.2. The SMILES string of the molecule is CC(C)Cc1ccc(C(O)CNc2ccccc2)cc1. The van der Waals surface area contributed by atoms with Gasteiger partial charge in [-0.3, -0.25) is 0 Å². The maximum Gasteiger partial charge on any atom is 0.0962 e. The summed E-state index contributed by atoms with van der Waals surface area (Å²) >= 11 is 0. The molecule has 0 aliphatic rings. The molecule has 2 heteroatoms. The van der Waals surface area contributed by atoms with E-state index < -0.39 is 6.10 Å². The van der Waals surface area contributed by atoms with Crippen LogP contribution in [0.2, 0.25) is 0 Å². The molecule has 1 unspecified atom stereocenters. The summed E-state index contributed by atoms with van der Waals surface area (Å²) in [4.78, 5) is 0. The minimum absolute atomic E-state index is 0.483. The molecule has 2 aromatic rings. The second kappa shape index (κ2) is 7.11. The molecule has 0 radical (unpaired) electrons. The van der Waals surface area contributed by atoms with Crippen LogP contribution in [0.15, 0.2) is 54.6 Å². The minimum atomic E-state index is -0.483. The van der Waals surface area contributed by atoms with E-state index in [4.69, 9.17) is 0 Å². The van der Waals surface area contributed by atoms with Gasteiger partial charge in [0.15, 0.2) is 0 Å². The second-order valence-corrected chi connectivity index (χ2v) is 5.60. The van der Waals surface area contributed by atoms with Crippen LogP contribution in [0.4, 0.5) is 5.69 Å². The smallest absolute Gasteiger partial charge is 0.0962 e. The van der Waals surface area contributed by atoms with Crippen LogP contribution in [0, 0.1) is 5.92 Å². The number of hydrogen-bond donors (Lipinski definition) is 2. The number of nitrogens with one attached hydrogen (secondary N) is 1. The molecule has 0 amide bonds. The fraction of sp³-hybridized carbons (Fsp3) is 0.333. The van der Waals surface area contributed by atoms with Crippen LogP contribution >= 0.6 is 0 Å². The van der Waals surface area contributed by atoms with Gasteiger partial charge in [0.25, 0.3) is 0 Å². The summed E-state index contributed by atoms with van der Waals surface area (Å²) in [5, 5.41) is 13.4. The van der Waals surface area contributed by atoms with E-state index in [-0.39, 0.29) is 0 Å². The first-order valence-electron chi connectivity index (χ1n) is 7.21. The topological polar surface area (TPSA) is 32.3 Å². The van der Waals surface area contributed by atoms with Crippen molar-refractivity contribution in [1.29, 1.82) is 0 Å². The highest BCUT2D eigenvalue weighted by Gasteiger charge is 2.07. The third kappa shape index (κ3) is 4.39. The summed E-state index contributed by atoms with van der Waals surface area (Å²) in [5.74, 6) is 0.658. The van der Waals surface area contributed by atoms with Gasteiger partial charge >= 0.3 is 0 Å². The van der Waals surface area contributed by atoms with Crippen molar-refractivity contribution in [2.45, 2.75) is 26.4 Å². The van der Waals surface area contributed by atoms with Crippen LogP contribution in [0.5, 0.6) is 0 Å². The molecule has 0 heterocycles. The number of aliphatic hydroxyl groups is 1. The molecule has 2 rings (SSSR count). The Morgan fingerprint density at radius 2 is 1.60 bits per heavy atom. The number of aliphatic hydroxyl groups excluding tert-OH is 1. The zero-order valence-electron chi connectivity index (χ0n) is 12.2. The second-order valence-electron chi connectivity index (χ2n) is 5.60. The van der Waals surface area contributed by atoms with Crippen molar-refractivity contribution in [3.05, 3.63) is 65.7 Å². The van der Waals surface area contributed by atoms with Gasteiger partial charge in [0.05, 0.1) is 6.10 Å². The number of rotatable bonds is 6. The van der Waals surface area contributed by atoms with Gasteiger partial charge in [-0.25, -0.2) is 0 Å². The quantitative estimate of drug-likeness (QED) is 0.830. The Morgan fingerprint density at radius 3 is 2.20 bits per heavy atom. The number of hydrogen-bond acceptors (Lipinski definition) is 2. The highest BCUT2D eigenvalue weighted by Crippen LogP contribution is 2.17. The molecule has 106 valence electrons. The van der Waals surface area contributed by atoms with E-state index >= 15 is 0 Å². The molecule has 0 fully saturated rings. The van der Waals surface area contributed by atoms with Crippen molar-refractivity contribution in [2.24, 2.45) is 5.92 Å². The summed E-state index contributed by atoms with van der Waals surface area (Å²) in [6.07, 6.45) is 0.599. The Morgan fingerprint density at radius 1 is 0.950 bits per heavy atom. The van der Waals surface area contributed by atoms with Crippen LogP contribution < -0.4 is 5.32 Å². The summed E-state index contributed by atoms with van der Waals surface area (Å²) in [7, 11) is 0. The summed E-state index contributed by atoms with van der Waals surface area (Å²) in [6.45, 7) is 4.95. The molecule has 2 aromatic carbocycles. The van der Waals surface area contributed by atoms with Gasteiger partial charge in [-0.1, -0.05) is 56.3 Å². The maximum absolute atomic E-state index is 10.2. The first kappa shape index (κ1) is 14.6. The lowest BCUT2D eigenvalue weighted by Crippen LogP contribution is -2.12. The Labute approximate surface area is 121 Å². The number of anilines is 1. The van der Waals surface area contributed by atoms with Crippen molar-refractivity contribution in [1.82, 2.24) is 0 Å². The van der Waals surface area contributed by atoms with Crippen molar-refractivity contribution in [3.8, 4) is 0 Å². The van der Waals surface area contributed by atoms with E-state index in [9.17, 15) is 5.11 Å². The lowest BCUT2D eigenvalue weighted by Gasteiger charge is -2.14. The van der Waals surface area contributed by atoms with Gasteiger partial charge in [-0.2, -0.15) is 0 Å². The molecule has 0 saturated heterocycles.